The standard InChI is InChI=1S/C13H15N3O2S/c1-3-4-5-16-12-10(6-9(2)7-14-12)15-13(16)19-8-11(17)18/h3,6-7H,1,4-5,8H2,2H3,(H,17,18). The Hall–Kier alpha value is -1.82. The smallest absolute Gasteiger partial charge is 0.313 e. The summed E-state index contributed by atoms with van der Waals surface area (Å²) in [5.41, 5.74) is 2.63. The number of hydrogen-bond donors (Lipinski definition) is 1. The number of hydrogen-bond acceptors (Lipinski definition) is 4. The quantitative estimate of drug-likeness (QED) is 0.649. The summed E-state index contributed by atoms with van der Waals surface area (Å²) >= 11 is 1.22. The second-order valence-corrected chi connectivity index (χ2v) is 5.10. The Bertz CT molecular complexity index is 622. The Morgan fingerprint density at radius 1 is 1.63 bits per heavy atom. The summed E-state index contributed by atoms with van der Waals surface area (Å²) in [5, 5.41) is 9.46. The highest BCUT2D eigenvalue weighted by molar-refractivity contribution is 7.99. The van der Waals surface area contributed by atoms with Crippen LogP contribution in [-0.4, -0.2) is 31.4 Å². The van der Waals surface area contributed by atoms with Gasteiger partial charge in [-0.25, -0.2) is 9.97 Å². The fourth-order valence-corrected chi connectivity index (χ4v) is 2.50. The van der Waals surface area contributed by atoms with Crippen LogP contribution in [0.2, 0.25) is 0 Å². The molecule has 0 saturated heterocycles. The molecule has 0 saturated carbocycles. The molecule has 100 valence electrons. The van der Waals surface area contributed by atoms with Gasteiger partial charge in [0, 0.05) is 12.7 Å². The average Bonchev–Trinajstić information content (AvgIpc) is 2.70. The van der Waals surface area contributed by atoms with Gasteiger partial charge in [-0.1, -0.05) is 17.8 Å². The zero-order valence-electron chi connectivity index (χ0n) is 10.7. The fourth-order valence-electron chi connectivity index (χ4n) is 1.75. The normalized spacial score (nSPS) is 10.8. The summed E-state index contributed by atoms with van der Waals surface area (Å²) in [6, 6.07) is 1.96. The Balaban J connectivity index is 2.41. The number of allylic oxidation sites excluding steroid dienone is 1. The minimum absolute atomic E-state index is 0.00358. The molecule has 0 aliphatic rings. The topological polar surface area (TPSA) is 68.0 Å². The van der Waals surface area contributed by atoms with Crippen LogP contribution < -0.4 is 0 Å². The summed E-state index contributed by atoms with van der Waals surface area (Å²) in [7, 11) is 0. The summed E-state index contributed by atoms with van der Waals surface area (Å²) in [6.45, 7) is 6.37. The van der Waals surface area contributed by atoms with Gasteiger partial charge >= 0.3 is 5.97 Å². The van der Waals surface area contributed by atoms with E-state index < -0.39 is 5.97 Å². The Labute approximate surface area is 115 Å². The average molecular weight is 277 g/mol. The van der Waals surface area contributed by atoms with Crippen molar-refractivity contribution in [3.63, 3.8) is 0 Å². The molecule has 1 N–H and O–H groups in total. The highest BCUT2D eigenvalue weighted by Crippen LogP contribution is 2.23. The lowest BCUT2D eigenvalue weighted by molar-refractivity contribution is -0.133. The summed E-state index contributed by atoms with van der Waals surface area (Å²) < 4.78 is 1.95. The van der Waals surface area contributed by atoms with Crippen molar-refractivity contribution in [2.45, 2.75) is 25.0 Å². The lowest BCUT2D eigenvalue weighted by atomic mass is 10.3. The summed E-state index contributed by atoms with van der Waals surface area (Å²) in [5.74, 6) is -0.854. The molecule has 0 spiro atoms. The largest absolute Gasteiger partial charge is 0.481 e. The predicted octanol–water partition coefficient (Wildman–Crippen LogP) is 2.49. The molecule has 0 aromatic carbocycles. The molecule has 6 heteroatoms. The summed E-state index contributed by atoms with van der Waals surface area (Å²) in [6.07, 6.45) is 4.41. The van der Waals surface area contributed by atoms with Crippen LogP contribution in [0.5, 0.6) is 0 Å². The Kier molecular flexibility index (Phi) is 4.21. The Morgan fingerprint density at radius 2 is 2.42 bits per heavy atom. The first-order valence-corrected chi connectivity index (χ1v) is 6.88. The maximum absolute atomic E-state index is 10.7. The lowest BCUT2D eigenvalue weighted by Crippen LogP contribution is -2.03. The molecule has 0 radical (unpaired) electrons. The minimum atomic E-state index is -0.850. The van der Waals surface area contributed by atoms with Gasteiger partial charge in [-0.15, -0.1) is 6.58 Å². The van der Waals surface area contributed by atoms with Crippen LogP contribution >= 0.6 is 11.8 Å². The number of thioether (sulfide) groups is 1. The predicted molar refractivity (Wildman–Crippen MR) is 75.4 cm³/mol. The minimum Gasteiger partial charge on any atom is -0.481 e. The number of rotatable bonds is 6. The SMILES string of the molecule is C=CCCn1c(SCC(=O)O)nc2cc(C)cnc21. The highest BCUT2D eigenvalue weighted by Gasteiger charge is 2.13. The Morgan fingerprint density at radius 3 is 3.11 bits per heavy atom. The first-order chi connectivity index (χ1) is 9.11. The number of carbonyl (C=O) groups is 1. The van der Waals surface area contributed by atoms with Crippen molar-refractivity contribution in [3.05, 3.63) is 30.5 Å². The van der Waals surface area contributed by atoms with Gasteiger partial charge in [0.25, 0.3) is 0 Å². The number of nitrogens with zero attached hydrogens (tertiary/aromatic N) is 3. The van der Waals surface area contributed by atoms with Crippen LogP contribution in [0.4, 0.5) is 0 Å². The molecule has 2 heterocycles. The third-order valence-electron chi connectivity index (χ3n) is 2.57. The fraction of sp³-hybridized carbons (Fsp3) is 0.308. The van der Waals surface area contributed by atoms with Crippen molar-refractivity contribution < 1.29 is 9.90 Å². The number of carboxylic acid groups (broad SMARTS) is 1. The second kappa shape index (κ2) is 5.88. The maximum atomic E-state index is 10.7. The van der Waals surface area contributed by atoms with E-state index in [0.717, 1.165) is 23.1 Å². The van der Waals surface area contributed by atoms with E-state index in [4.69, 9.17) is 5.11 Å². The summed E-state index contributed by atoms with van der Waals surface area (Å²) in [4.78, 5) is 19.5. The molecule has 0 amide bonds. The van der Waals surface area contributed by atoms with E-state index in [1.807, 2.05) is 23.6 Å². The molecule has 2 aromatic heterocycles. The van der Waals surface area contributed by atoms with Gasteiger partial charge in [0.2, 0.25) is 0 Å². The van der Waals surface area contributed by atoms with Gasteiger partial charge < -0.3 is 9.67 Å². The van der Waals surface area contributed by atoms with Crippen molar-refractivity contribution in [3.8, 4) is 0 Å². The number of imidazole rings is 1. The zero-order chi connectivity index (χ0) is 13.8. The van der Waals surface area contributed by atoms with Crippen molar-refractivity contribution in [1.29, 1.82) is 0 Å². The molecule has 19 heavy (non-hydrogen) atoms. The number of fused-ring (bicyclic) bond motifs is 1. The van der Waals surface area contributed by atoms with Crippen LogP contribution in [0, 0.1) is 6.92 Å². The number of aliphatic carboxylic acids is 1. The van der Waals surface area contributed by atoms with E-state index >= 15 is 0 Å². The van der Waals surface area contributed by atoms with E-state index in [-0.39, 0.29) is 5.75 Å². The molecular formula is C13H15N3O2S. The molecule has 0 aliphatic carbocycles. The van der Waals surface area contributed by atoms with Crippen LogP contribution in [0.1, 0.15) is 12.0 Å². The molecule has 0 unspecified atom stereocenters. The first-order valence-electron chi connectivity index (χ1n) is 5.90. The number of pyridine rings is 1. The van der Waals surface area contributed by atoms with Crippen LogP contribution in [0.25, 0.3) is 11.2 Å². The molecule has 0 fully saturated rings. The van der Waals surface area contributed by atoms with Gasteiger partial charge in [-0.3, -0.25) is 4.79 Å². The molecular weight excluding hydrogens is 262 g/mol. The monoisotopic (exact) mass is 277 g/mol. The van der Waals surface area contributed by atoms with Crippen molar-refractivity contribution in [2.24, 2.45) is 0 Å². The second-order valence-electron chi connectivity index (χ2n) is 4.16. The highest BCUT2D eigenvalue weighted by atomic mass is 32.2. The van der Waals surface area contributed by atoms with Gasteiger partial charge in [-0.2, -0.15) is 0 Å². The third-order valence-corrected chi connectivity index (χ3v) is 3.53. The van der Waals surface area contributed by atoms with Gasteiger partial charge in [-0.05, 0) is 25.0 Å². The first kappa shape index (κ1) is 13.6. The number of aryl methyl sites for hydroxylation is 2. The number of carboxylic acids is 1. The van der Waals surface area contributed by atoms with E-state index in [0.29, 0.717) is 11.7 Å². The molecule has 2 aromatic rings. The zero-order valence-corrected chi connectivity index (χ0v) is 11.5. The van der Waals surface area contributed by atoms with Crippen molar-refractivity contribution >= 4 is 28.9 Å². The molecule has 2 rings (SSSR count). The van der Waals surface area contributed by atoms with Gasteiger partial charge in [0.05, 0.1) is 5.75 Å². The van der Waals surface area contributed by atoms with Crippen LogP contribution in [0.3, 0.4) is 0 Å². The number of aromatic nitrogens is 3. The van der Waals surface area contributed by atoms with Crippen molar-refractivity contribution in [2.75, 3.05) is 5.75 Å². The van der Waals surface area contributed by atoms with Gasteiger partial charge in [0.1, 0.15) is 5.52 Å². The van der Waals surface area contributed by atoms with E-state index in [1.165, 1.54) is 11.8 Å². The van der Waals surface area contributed by atoms with E-state index in [1.54, 1.807) is 6.20 Å². The van der Waals surface area contributed by atoms with Crippen molar-refractivity contribution in [1.82, 2.24) is 14.5 Å². The molecule has 5 nitrogen and oxygen atoms in total. The van der Waals surface area contributed by atoms with E-state index in [2.05, 4.69) is 16.5 Å². The lowest BCUT2D eigenvalue weighted by Gasteiger charge is -2.05. The third kappa shape index (κ3) is 3.14. The molecule has 0 aliphatic heterocycles. The van der Waals surface area contributed by atoms with Gasteiger partial charge in [0.15, 0.2) is 10.8 Å². The van der Waals surface area contributed by atoms with Crippen LogP contribution in [-0.2, 0) is 11.3 Å². The molecule has 0 bridgehead atoms. The van der Waals surface area contributed by atoms with E-state index in [9.17, 15) is 4.79 Å². The molecule has 0 atom stereocenters. The maximum Gasteiger partial charge on any atom is 0.313 e. The van der Waals surface area contributed by atoms with Crippen LogP contribution in [0.15, 0.2) is 30.1 Å².